The van der Waals surface area contributed by atoms with Crippen molar-refractivity contribution in [2.45, 2.75) is 73.3 Å². The average Bonchev–Trinajstić information content (AvgIpc) is 3.14. The third-order valence-electron chi connectivity index (χ3n) is 5.56. The van der Waals surface area contributed by atoms with E-state index in [9.17, 15) is 5.26 Å². The van der Waals surface area contributed by atoms with Crippen molar-refractivity contribution in [2.75, 3.05) is 20.1 Å². The van der Waals surface area contributed by atoms with E-state index in [1.54, 1.807) is 29.7 Å². The monoisotopic (exact) mass is 494 g/mol. The molecule has 3 rings (SSSR count). The van der Waals surface area contributed by atoms with Gasteiger partial charge in [0.05, 0.1) is 17.6 Å². The molecule has 2 aromatic heterocycles. The lowest BCUT2D eigenvalue weighted by Gasteiger charge is -2.17. The quantitative estimate of drug-likeness (QED) is 0.324. The van der Waals surface area contributed by atoms with Crippen molar-refractivity contribution in [1.29, 1.82) is 10.7 Å². The number of aliphatic imine (C=N–C) groups is 1. The summed E-state index contributed by atoms with van der Waals surface area (Å²) in [5.41, 5.74) is 2.72. The molecular weight excluding hydrogens is 452 g/mol. The van der Waals surface area contributed by atoms with Crippen molar-refractivity contribution < 1.29 is 4.74 Å². The highest BCUT2D eigenvalue weighted by Crippen LogP contribution is 2.23. The van der Waals surface area contributed by atoms with Crippen LogP contribution in [0.2, 0.25) is 0 Å². The fourth-order valence-electron chi connectivity index (χ4n) is 3.80. The second kappa shape index (κ2) is 16.2. The van der Waals surface area contributed by atoms with Gasteiger partial charge in [0.2, 0.25) is 5.88 Å². The molecule has 1 unspecified atom stereocenters. The summed E-state index contributed by atoms with van der Waals surface area (Å²) in [6, 6.07) is 5.50. The zero-order chi connectivity index (χ0) is 27.1. The highest BCUT2D eigenvalue weighted by Gasteiger charge is 2.18. The van der Waals surface area contributed by atoms with Gasteiger partial charge in [0.25, 0.3) is 0 Å². The summed E-state index contributed by atoms with van der Waals surface area (Å²) in [7, 11) is 2.21. The Morgan fingerprint density at radius 1 is 1.22 bits per heavy atom. The number of aromatic nitrogens is 2. The normalized spacial score (nSPS) is 15.7. The van der Waals surface area contributed by atoms with Crippen LogP contribution in [-0.4, -0.2) is 58.2 Å². The molecule has 0 bridgehead atoms. The third-order valence-corrected chi connectivity index (χ3v) is 5.56. The van der Waals surface area contributed by atoms with E-state index in [4.69, 9.17) is 16.0 Å². The van der Waals surface area contributed by atoms with Gasteiger partial charge < -0.3 is 20.9 Å². The van der Waals surface area contributed by atoms with Gasteiger partial charge in [-0.15, -0.1) is 0 Å². The van der Waals surface area contributed by atoms with E-state index in [-0.39, 0.29) is 11.8 Å². The van der Waals surface area contributed by atoms with E-state index < -0.39 is 0 Å². The number of nitrogens with zero attached hydrogens (tertiary/aromatic N) is 6. The van der Waals surface area contributed by atoms with Gasteiger partial charge in [0.1, 0.15) is 29.2 Å². The van der Waals surface area contributed by atoms with Crippen LogP contribution in [0, 0.1) is 16.7 Å². The first-order chi connectivity index (χ1) is 17.4. The maximum absolute atomic E-state index is 9.36. The number of hydrogen-bond acceptors (Lipinski definition) is 8. The summed E-state index contributed by atoms with van der Waals surface area (Å²) in [5.74, 6) is 5.84. The van der Waals surface area contributed by atoms with Crippen LogP contribution < -0.4 is 10.6 Å². The van der Waals surface area contributed by atoms with Gasteiger partial charge in [-0.2, -0.15) is 10.4 Å². The van der Waals surface area contributed by atoms with E-state index >= 15 is 0 Å². The van der Waals surface area contributed by atoms with Crippen molar-refractivity contribution in [3.63, 3.8) is 0 Å². The lowest BCUT2D eigenvalue weighted by atomic mass is 10.1. The molecule has 0 aromatic carbocycles. The maximum Gasteiger partial charge on any atom is 0.201 e. The molecule has 1 atom stereocenters. The Bertz CT molecular complexity index is 1100. The van der Waals surface area contributed by atoms with Crippen LogP contribution in [0.5, 0.6) is 5.88 Å². The number of fused-ring (bicyclic) bond motifs is 1. The number of nitriles is 1. The van der Waals surface area contributed by atoms with Crippen LogP contribution in [-0.2, 0) is 0 Å². The summed E-state index contributed by atoms with van der Waals surface area (Å²) < 4.78 is 7.68. The minimum atomic E-state index is -0.358. The van der Waals surface area contributed by atoms with Gasteiger partial charge in [-0.3, -0.25) is 9.39 Å². The number of hydrazone groups is 1. The molecule has 1 saturated heterocycles. The maximum atomic E-state index is 9.36. The number of imidazole rings is 1. The zero-order valence-electron chi connectivity index (χ0n) is 22.9. The Morgan fingerprint density at radius 3 is 2.36 bits per heavy atom. The summed E-state index contributed by atoms with van der Waals surface area (Å²) >= 11 is 0. The molecule has 36 heavy (non-hydrogen) atoms. The predicted octanol–water partition coefficient (Wildman–Crippen LogP) is 5.19. The highest BCUT2D eigenvalue weighted by atomic mass is 16.5. The van der Waals surface area contributed by atoms with E-state index in [0.29, 0.717) is 28.5 Å². The number of hydrogen-bond donors (Lipinski definition) is 2. The van der Waals surface area contributed by atoms with Crippen molar-refractivity contribution in [3.05, 3.63) is 41.4 Å². The van der Waals surface area contributed by atoms with E-state index in [0.717, 1.165) is 5.70 Å². The zero-order valence-corrected chi connectivity index (χ0v) is 22.9. The number of nitrogens with one attached hydrogen (secondary N) is 1. The number of pyridine rings is 1. The number of allylic oxidation sites excluding steroid dienone is 1. The third kappa shape index (κ3) is 8.61. The predicted molar refractivity (Wildman–Crippen MR) is 149 cm³/mol. The Labute approximate surface area is 215 Å². The Balaban J connectivity index is 0.000000543. The molecule has 1 fully saturated rings. The molecule has 2 aromatic rings. The van der Waals surface area contributed by atoms with Crippen LogP contribution in [0.15, 0.2) is 40.2 Å². The first-order valence-corrected chi connectivity index (χ1v) is 12.6. The van der Waals surface area contributed by atoms with Gasteiger partial charge in [0.15, 0.2) is 0 Å². The van der Waals surface area contributed by atoms with Crippen LogP contribution >= 0.6 is 0 Å². The topological polar surface area (TPSA) is 128 Å². The second-order valence-corrected chi connectivity index (χ2v) is 8.21. The molecule has 9 nitrogen and oxygen atoms in total. The van der Waals surface area contributed by atoms with Crippen molar-refractivity contribution in [2.24, 2.45) is 15.9 Å². The fourth-order valence-corrected chi connectivity index (χ4v) is 3.80. The van der Waals surface area contributed by atoms with Crippen molar-refractivity contribution in [3.8, 4) is 11.9 Å². The molecule has 3 heterocycles. The molecular formula is C27H42N8O. The Kier molecular flexibility index (Phi) is 13.7. The average molecular weight is 495 g/mol. The Hall–Kier alpha value is -3.51. The molecule has 9 heteroatoms. The van der Waals surface area contributed by atoms with Crippen LogP contribution in [0.4, 0.5) is 0 Å². The number of ether oxygens (including phenoxy) is 1. The number of nitrogens with two attached hydrogens (primary N) is 1. The standard InChI is InChI=1S/C18H21N7O.C7H15N.C2H6/c1-5-15(22-6-2)12(4)26-17-8-13(18(24-21)11(3)20)7-16-23-10-14(9-19)25(16)17;1-8-6-4-2-3-5-7-8;1-2/h5-8,10,12,20H,21H2,1-4H3;2-7H2,1H3;1-2H3/b15-5-,20-11?,22-6?,24-18+;;. The lowest BCUT2D eigenvalue weighted by Crippen LogP contribution is -2.18. The second-order valence-electron chi connectivity index (χ2n) is 8.21. The smallest absolute Gasteiger partial charge is 0.201 e. The number of likely N-dealkylation sites (tertiary alicyclic amines) is 1. The minimum absolute atomic E-state index is 0.215. The van der Waals surface area contributed by atoms with E-state index in [2.05, 4.69) is 33.1 Å². The highest BCUT2D eigenvalue weighted by molar-refractivity contribution is 6.46. The van der Waals surface area contributed by atoms with Gasteiger partial charge in [-0.1, -0.05) is 32.8 Å². The summed E-state index contributed by atoms with van der Waals surface area (Å²) in [4.78, 5) is 11.0. The fraction of sp³-hybridized carbons (Fsp3) is 0.519. The lowest BCUT2D eigenvalue weighted by molar-refractivity contribution is 0.242. The van der Waals surface area contributed by atoms with Crippen molar-refractivity contribution in [1.82, 2.24) is 14.3 Å². The van der Waals surface area contributed by atoms with Gasteiger partial charge in [-0.05, 0) is 66.7 Å². The van der Waals surface area contributed by atoms with Gasteiger partial charge in [-0.25, -0.2) is 4.98 Å². The minimum Gasteiger partial charge on any atom is -0.469 e. The molecule has 1 aliphatic heterocycles. The van der Waals surface area contributed by atoms with E-state index in [1.807, 2.05) is 40.7 Å². The molecule has 0 saturated carbocycles. The molecule has 0 radical (unpaired) electrons. The van der Waals surface area contributed by atoms with Crippen LogP contribution in [0.25, 0.3) is 5.65 Å². The molecule has 3 N–H and O–H groups in total. The van der Waals surface area contributed by atoms with E-state index in [1.165, 1.54) is 45.0 Å². The van der Waals surface area contributed by atoms with Crippen molar-refractivity contribution >= 4 is 23.3 Å². The SMILES string of the molecule is CC.CC=N/C(=C\C)C(C)Oc1cc(/C(=N/N)C(C)=N)cc2ncc(C#N)n12.CN1CCCCCC1. The summed E-state index contributed by atoms with van der Waals surface area (Å²) in [6.45, 7) is 13.8. The van der Waals surface area contributed by atoms with Crippen LogP contribution in [0.3, 0.4) is 0 Å². The number of rotatable bonds is 6. The first kappa shape index (κ1) is 30.5. The summed E-state index contributed by atoms with van der Waals surface area (Å²) in [5, 5.41) is 20.9. The van der Waals surface area contributed by atoms with Gasteiger partial charge >= 0.3 is 0 Å². The molecule has 0 amide bonds. The molecule has 0 aliphatic carbocycles. The largest absolute Gasteiger partial charge is 0.469 e. The molecule has 196 valence electrons. The first-order valence-electron chi connectivity index (χ1n) is 12.6. The summed E-state index contributed by atoms with van der Waals surface area (Å²) in [6.07, 6.45) is 10.4. The van der Waals surface area contributed by atoms with Gasteiger partial charge in [0, 0.05) is 17.8 Å². The van der Waals surface area contributed by atoms with Crippen LogP contribution in [0.1, 0.15) is 78.5 Å². The Morgan fingerprint density at radius 2 is 1.86 bits per heavy atom. The molecule has 1 aliphatic rings. The molecule has 0 spiro atoms.